The molecule has 4 heteroatoms. The van der Waals surface area contributed by atoms with Crippen LogP contribution in [0.3, 0.4) is 0 Å². The Morgan fingerprint density at radius 2 is 2.20 bits per heavy atom. The number of benzene rings is 1. The van der Waals surface area contributed by atoms with E-state index in [-0.39, 0.29) is 17.9 Å². The van der Waals surface area contributed by atoms with Gasteiger partial charge in [-0.15, -0.1) is 0 Å². The Morgan fingerprint density at radius 3 is 3.00 bits per heavy atom. The van der Waals surface area contributed by atoms with Crippen molar-refractivity contribution in [3.63, 3.8) is 0 Å². The molecule has 3 rings (SSSR count). The molecule has 0 bridgehead atoms. The van der Waals surface area contributed by atoms with Crippen LogP contribution in [-0.2, 0) is 11.2 Å². The highest BCUT2D eigenvalue weighted by atomic mass is 35.5. The Kier molecular flexibility index (Phi) is 3.99. The van der Waals surface area contributed by atoms with Gasteiger partial charge in [0.2, 0.25) is 5.91 Å². The number of carbonyl (C=O) groups excluding carboxylic acids is 1. The third kappa shape index (κ3) is 2.45. The van der Waals surface area contributed by atoms with Crippen LogP contribution in [0.4, 0.5) is 0 Å². The summed E-state index contributed by atoms with van der Waals surface area (Å²) in [5.74, 6) is 0.634. The fourth-order valence-electron chi connectivity index (χ4n) is 3.70. The standard InChI is InChI=1S/C16H21ClN2O/c17-14-6-2-5-13-12(14)7-8-15(13)19-16(20)11-4-1-3-10(11)9-18/h2,5-6,10-11,15H,1,3-4,7-9,18H2,(H,19,20)/t10-,11-,15?/m1/s1. The quantitative estimate of drug-likeness (QED) is 0.900. The van der Waals surface area contributed by atoms with Gasteiger partial charge < -0.3 is 11.1 Å². The fourth-order valence-corrected chi connectivity index (χ4v) is 3.98. The molecule has 3 atom stereocenters. The van der Waals surface area contributed by atoms with Crippen LogP contribution in [0, 0.1) is 11.8 Å². The predicted octanol–water partition coefficient (Wildman–Crippen LogP) is 2.82. The van der Waals surface area contributed by atoms with Crippen LogP contribution in [0.15, 0.2) is 18.2 Å². The molecule has 3 nitrogen and oxygen atoms in total. The van der Waals surface area contributed by atoms with Crippen LogP contribution in [0.5, 0.6) is 0 Å². The zero-order valence-corrected chi connectivity index (χ0v) is 12.3. The van der Waals surface area contributed by atoms with Gasteiger partial charge in [0.15, 0.2) is 0 Å². The van der Waals surface area contributed by atoms with E-state index in [4.69, 9.17) is 17.3 Å². The minimum atomic E-state index is 0.100. The van der Waals surface area contributed by atoms with E-state index in [2.05, 4.69) is 11.4 Å². The maximum atomic E-state index is 12.5. The summed E-state index contributed by atoms with van der Waals surface area (Å²) in [6, 6.07) is 6.08. The van der Waals surface area contributed by atoms with Crippen molar-refractivity contribution in [1.29, 1.82) is 0 Å². The first-order valence-corrected chi connectivity index (χ1v) is 7.86. The second kappa shape index (κ2) is 5.74. The van der Waals surface area contributed by atoms with Crippen LogP contribution >= 0.6 is 11.6 Å². The van der Waals surface area contributed by atoms with Crippen LogP contribution in [-0.4, -0.2) is 12.5 Å². The van der Waals surface area contributed by atoms with Gasteiger partial charge in [-0.1, -0.05) is 30.2 Å². The first-order chi connectivity index (χ1) is 9.70. The maximum absolute atomic E-state index is 12.5. The molecule has 2 aliphatic rings. The number of fused-ring (bicyclic) bond motifs is 1. The molecular formula is C16H21ClN2O. The predicted molar refractivity (Wildman–Crippen MR) is 80.5 cm³/mol. The molecule has 1 unspecified atom stereocenters. The number of amides is 1. The zero-order chi connectivity index (χ0) is 14.1. The van der Waals surface area contributed by atoms with Crippen molar-refractivity contribution in [3.05, 3.63) is 34.3 Å². The van der Waals surface area contributed by atoms with Gasteiger partial charge in [0.05, 0.1) is 6.04 Å². The van der Waals surface area contributed by atoms with Gasteiger partial charge in [0.1, 0.15) is 0 Å². The summed E-state index contributed by atoms with van der Waals surface area (Å²) in [6.45, 7) is 0.616. The molecule has 1 amide bonds. The van der Waals surface area contributed by atoms with Crippen molar-refractivity contribution in [2.45, 2.75) is 38.1 Å². The summed E-state index contributed by atoms with van der Waals surface area (Å²) in [5.41, 5.74) is 8.15. The van der Waals surface area contributed by atoms with E-state index < -0.39 is 0 Å². The van der Waals surface area contributed by atoms with Gasteiger partial charge in [0.25, 0.3) is 0 Å². The molecule has 0 heterocycles. The molecule has 1 fully saturated rings. The number of halogens is 1. The smallest absolute Gasteiger partial charge is 0.223 e. The van der Waals surface area contributed by atoms with E-state index in [0.29, 0.717) is 12.5 Å². The highest BCUT2D eigenvalue weighted by molar-refractivity contribution is 6.31. The van der Waals surface area contributed by atoms with Crippen LogP contribution in [0.2, 0.25) is 5.02 Å². The lowest BCUT2D eigenvalue weighted by molar-refractivity contribution is -0.126. The Morgan fingerprint density at radius 1 is 1.35 bits per heavy atom. The van der Waals surface area contributed by atoms with Gasteiger partial charge in [0, 0.05) is 10.9 Å². The molecule has 0 spiro atoms. The number of rotatable bonds is 3. The Hall–Kier alpha value is -1.06. The third-order valence-electron chi connectivity index (χ3n) is 4.83. The van der Waals surface area contributed by atoms with Crippen molar-refractivity contribution >= 4 is 17.5 Å². The van der Waals surface area contributed by atoms with E-state index in [0.717, 1.165) is 37.1 Å². The molecule has 20 heavy (non-hydrogen) atoms. The lowest BCUT2D eigenvalue weighted by atomic mass is 9.94. The number of hydrogen-bond acceptors (Lipinski definition) is 2. The molecule has 1 aromatic rings. The molecule has 0 aliphatic heterocycles. The van der Waals surface area contributed by atoms with E-state index in [9.17, 15) is 4.79 Å². The van der Waals surface area contributed by atoms with Crippen molar-refractivity contribution < 1.29 is 4.79 Å². The average molecular weight is 293 g/mol. The summed E-state index contributed by atoms with van der Waals surface area (Å²) >= 11 is 6.21. The molecule has 0 aromatic heterocycles. The SMILES string of the molecule is NC[C@H]1CCC[C@H]1C(=O)NC1CCc2c(Cl)cccc21. The Labute approximate surface area is 124 Å². The van der Waals surface area contributed by atoms with Gasteiger partial charge in [-0.25, -0.2) is 0 Å². The lowest BCUT2D eigenvalue weighted by Crippen LogP contribution is -2.36. The summed E-state index contributed by atoms with van der Waals surface area (Å²) in [5, 5.41) is 4.03. The van der Waals surface area contributed by atoms with E-state index in [1.165, 1.54) is 11.1 Å². The summed E-state index contributed by atoms with van der Waals surface area (Å²) in [7, 11) is 0. The van der Waals surface area contributed by atoms with Gasteiger partial charge in [-0.05, 0) is 55.3 Å². The second-order valence-electron chi connectivity index (χ2n) is 5.94. The van der Waals surface area contributed by atoms with E-state index in [1.54, 1.807) is 0 Å². The molecular weight excluding hydrogens is 272 g/mol. The minimum Gasteiger partial charge on any atom is -0.349 e. The topological polar surface area (TPSA) is 55.1 Å². The summed E-state index contributed by atoms with van der Waals surface area (Å²) in [6.07, 6.45) is 5.08. The normalized spacial score (nSPS) is 28.4. The average Bonchev–Trinajstić information content (AvgIpc) is 3.06. The third-order valence-corrected chi connectivity index (χ3v) is 5.18. The molecule has 1 aromatic carbocycles. The van der Waals surface area contributed by atoms with Crippen molar-refractivity contribution in [2.24, 2.45) is 17.6 Å². The lowest BCUT2D eigenvalue weighted by Gasteiger charge is -2.21. The van der Waals surface area contributed by atoms with Crippen LogP contribution in [0.1, 0.15) is 42.9 Å². The van der Waals surface area contributed by atoms with Crippen molar-refractivity contribution in [1.82, 2.24) is 5.32 Å². The van der Waals surface area contributed by atoms with Gasteiger partial charge in [-0.3, -0.25) is 4.79 Å². The summed E-state index contributed by atoms with van der Waals surface area (Å²) in [4.78, 5) is 12.5. The van der Waals surface area contributed by atoms with Crippen LogP contribution in [0.25, 0.3) is 0 Å². The molecule has 0 radical (unpaired) electrons. The highest BCUT2D eigenvalue weighted by Gasteiger charge is 2.34. The Bertz CT molecular complexity index is 517. The van der Waals surface area contributed by atoms with Crippen molar-refractivity contribution in [3.8, 4) is 0 Å². The van der Waals surface area contributed by atoms with Gasteiger partial charge in [-0.2, -0.15) is 0 Å². The number of nitrogens with two attached hydrogens (primary N) is 1. The number of hydrogen-bond donors (Lipinski definition) is 2. The highest BCUT2D eigenvalue weighted by Crippen LogP contribution is 2.37. The first-order valence-electron chi connectivity index (χ1n) is 7.48. The molecule has 3 N–H and O–H groups in total. The summed E-state index contributed by atoms with van der Waals surface area (Å²) < 4.78 is 0. The molecule has 1 saturated carbocycles. The first kappa shape index (κ1) is 13.9. The van der Waals surface area contributed by atoms with E-state index in [1.807, 2.05) is 12.1 Å². The Balaban J connectivity index is 1.71. The van der Waals surface area contributed by atoms with E-state index >= 15 is 0 Å². The zero-order valence-electron chi connectivity index (χ0n) is 11.6. The number of nitrogens with one attached hydrogen (secondary N) is 1. The largest absolute Gasteiger partial charge is 0.349 e. The molecule has 0 saturated heterocycles. The maximum Gasteiger partial charge on any atom is 0.223 e. The fraction of sp³-hybridized carbons (Fsp3) is 0.562. The molecule has 2 aliphatic carbocycles. The number of carbonyl (C=O) groups is 1. The second-order valence-corrected chi connectivity index (χ2v) is 6.35. The van der Waals surface area contributed by atoms with Crippen molar-refractivity contribution in [2.75, 3.05) is 6.54 Å². The monoisotopic (exact) mass is 292 g/mol. The van der Waals surface area contributed by atoms with Gasteiger partial charge >= 0.3 is 0 Å². The molecule has 108 valence electrons. The minimum absolute atomic E-state index is 0.100. The van der Waals surface area contributed by atoms with Crippen LogP contribution < -0.4 is 11.1 Å².